The van der Waals surface area contributed by atoms with Gasteiger partial charge >= 0.3 is 0 Å². The van der Waals surface area contributed by atoms with Crippen molar-refractivity contribution in [1.29, 1.82) is 0 Å². The van der Waals surface area contributed by atoms with E-state index in [1.165, 1.54) is 11.1 Å². The van der Waals surface area contributed by atoms with Crippen molar-refractivity contribution in [3.05, 3.63) is 69.8 Å². The minimum atomic E-state index is -0.798. The Morgan fingerprint density at radius 2 is 1.67 bits per heavy atom. The van der Waals surface area contributed by atoms with E-state index in [-0.39, 0.29) is 17.4 Å². The van der Waals surface area contributed by atoms with Crippen LogP contribution in [0.1, 0.15) is 75.6 Å². The molecular formula is C33H42O6. The Hall–Kier alpha value is -3.22. The molecule has 6 heteroatoms. The number of aliphatic hydroxyl groups is 2. The highest BCUT2D eigenvalue weighted by molar-refractivity contribution is 5.73. The van der Waals surface area contributed by atoms with Crippen molar-refractivity contribution in [3.8, 4) is 23.0 Å². The third-order valence-electron chi connectivity index (χ3n) is 8.06. The van der Waals surface area contributed by atoms with Crippen LogP contribution in [0.4, 0.5) is 0 Å². The fraction of sp³-hybridized carbons (Fsp3) is 0.455. The lowest BCUT2D eigenvalue weighted by Gasteiger charge is -2.48. The van der Waals surface area contributed by atoms with Gasteiger partial charge < -0.3 is 29.9 Å². The van der Waals surface area contributed by atoms with E-state index in [1.807, 2.05) is 31.2 Å². The van der Waals surface area contributed by atoms with Crippen molar-refractivity contribution in [2.75, 3.05) is 7.11 Å². The van der Waals surface area contributed by atoms with Gasteiger partial charge in [-0.25, -0.2) is 0 Å². The lowest BCUT2D eigenvalue weighted by molar-refractivity contribution is -0.120. The van der Waals surface area contributed by atoms with E-state index in [9.17, 15) is 20.4 Å². The minimum Gasteiger partial charge on any atom is -0.507 e. The zero-order valence-corrected chi connectivity index (χ0v) is 23.7. The molecule has 4 rings (SSSR count). The van der Waals surface area contributed by atoms with E-state index in [2.05, 4.69) is 32.9 Å². The predicted octanol–water partition coefficient (Wildman–Crippen LogP) is 6.34. The van der Waals surface area contributed by atoms with Crippen molar-refractivity contribution in [2.24, 2.45) is 5.92 Å². The van der Waals surface area contributed by atoms with Gasteiger partial charge in [0.2, 0.25) is 0 Å². The van der Waals surface area contributed by atoms with Crippen molar-refractivity contribution in [1.82, 2.24) is 0 Å². The monoisotopic (exact) mass is 534 g/mol. The summed E-state index contributed by atoms with van der Waals surface area (Å²) >= 11 is 0. The van der Waals surface area contributed by atoms with Crippen LogP contribution in [0.2, 0.25) is 0 Å². The molecule has 0 amide bonds. The van der Waals surface area contributed by atoms with Gasteiger partial charge in [-0.05, 0) is 101 Å². The molecule has 210 valence electrons. The average molecular weight is 535 g/mol. The molecule has 0 radical (unpaired) electrons. The first kappa shape index (κ1) is 28.8. The van der Waals surface area contributed by atoms with Gasteiger partial charge in [0.1, 0.15) is 17.1 Å². The SMILES string of the molecule is COc1cc(/C=C/c2cc(O)c(C/C=C(\C)CCC=C(C)C)c(O)c2)cc2c1O[C@]1(C)CC(O)C(O)C[C@H]1C2. The number of fused-ring (bicyclic) bond motifs is 2. The van der Waals surface area contributed by atoms with E-state index >= 15 is 0 Å². The Morgan fingerprint density at radius 3 is 2.31 bits per heavy atom. The molecule has 1 aliphatic heterocycles. The van der Waals surface area contributed by atoms with Crippen LogP contribution in [0.3, 0.4) is 0 Å². The van der Waals surface area contributed by atoms with Crippen molar-refractivity contribution in [3.63, 3.8) is 0 Å². The van der Waals surface area contributed by atoms with Gasteiger partial charge in [0.25, 0.3) is 0 Å². The number of phenolic OH excluding ortho intramolecular Hbond substituents is 2. The van der Waals surface area contributed by atoms with Crippen LogP contribution < -0.4 is 9.47 Å². The number of aromatic hydroxyl groups is 2. The number of hydrogen-bond donors (Lipinski definition) is 4. The van der Waals surface area contributed by atoms with Crippen LogP contribution in [0.5, 0.6) is 23.0 Å². The number of rotatable bonds is 8. The number of methoxy groups -OCH3 is 1. The van der Waals surface area contributed by atoms with Gasteiger partial charge in [-0.1, -0.05) is 35.5 Å². The lowest BCUT2D eigenvalue weighted by Crippen LogP contribution is -2.55. The highest BCUT2D eigenvalue weighted by Crippen LogP contribution is 2.49. The Labute approximate surface area is 231 Å². The molecule has 0 aromatic heterocycles. The maximum atomic E-state index is 10.6. The molecule has 0 saturated heterocycles. The molecule has 1 saturated carbocycles. The van der Waals surface area contributed by atoms with Gasteiger partial charge in [-0.3, -0.25) is 0 Å². The lowest BCUT2D eigenvalue weighted by atomic mass is 9.69. The summed E-state index contributed by atoms with van der Waals surface area (Å²) in [5, 5.41) is 41.7. The summed E-state index contributed by atoms with van der Waals surface area (Å²) in [6.07, 6.45) is 10.4. The molecule has 4 N–H and O–H groups in total. The maximum Gasteiger partial charge on any atom is 0.165 e. The molecular weight excluding hydrogens is 492 g/mol. The van der Waals surface area contributed by atoms with Crippen LogP contribution in [-0.4, -0.2) is 45.3 Å². The quantitative estimate of drug-likeness (QED) is 0.233. The molecule has 0 spiro atoms. The third kappa shape index (κ3) is 6.68. The molecule has 1 aliphatic carbocycles. The maximum absolute atomic E-state index is 10.6. The Balaban J connectivity index is 1.51. The molecule has 1 fully saturated rings. The number of phenols is 2. The molecule has 2 aliphatic rings. The fourth-order valence-electron chi connectivity index (χ4n) is 5.67. The third-order valence-corrected chi connectivity index (χ3v) is 8.06. The number of benzene rings is 2. The van der Waals surface area contributed by atoms with E-state index in [1.54, 1.807) is 19.2 Å². The standard InChI is InChI=1S/C33H42O6/c1-20(2)7-6-8-21(3)9-12-26-27(34)14-23(15-28(26)35)11-10-22-13-24-17-25-18-29(36)30(37)19-33(25,4)39-32(24)31(16-22)38-5/h7,9-11,13-16,25,29-30,34-37H,6,8,12,17-19H2,1-5H3/b11-10+,21-9+/t25-,29?,30?,33-/m1/s1. The normalized spacial score (nSPS) is 24.6. The largest absolute Gasteiger partial charge is 0.507 e. The van der Waals surface area contributed by atoms with Gasteiger partial charge in [-0.15, -0.1) is 0 Å². The molecule has 6 nitrogen and oxygen atoms in total. The topological polar surface area (TPSA) is 99.4 Å². The van der Waals surface area contributed by atoms with Crippen molar-refractivity contribution in [2.45, 2.75) is 84.0 Å². The average Bonchev–Trinajstić information content (AvgIpc) is 2.86. The number of ether oxygens (including phenoxy) is 2. The van der Waals surface area contributed by atoms with Gasteiger partial charge in [-0.2, -0.15) is 0 Å². The van der Waals surface area contributed by atoms with Crippen LogP contribution in [0.25, 0.3) is 12.2 Å². The second-order valence-corrected chi connectivity index (χ2v) is 11.5. The van der Waals surface area contributed by atoms with Crippen LogP contribution in [0.15, 0.2) is 47.6 Å². The molecule has 39 heavy (non-hydrogen) atoms. The number of hydrogen-bond acceptors (Lipinski definition) is 6. The second kappa shape index (κ2) is 11.9. The number of aliphatic hydroxyl groups excluding tert-OH is 2. The first-order chi connectivity index (χ1) is 18.5. The van der Waals surface area contributed by atoms with Crippen molar-refractivity contribution < 1.29 is 29.9 Å². The Bertz CT molecular complexity index is 1260. The minimum absolute atomic E-state index is 0.0664. The summed E-state index contributed by atoms with van der Waals surface area (Å²) in [4.78, 5) is 0. The van der Waals surface area contributed by atoms with E-state index in [0.717, 1.165) is 24.0 Å². The van der Waals surface area contributed by atoms with Gasteiger partial charge in [0, 0.05) is 17.9 Å². The highest BCUT2D eigenvalue weighted by atomic mass is 16.5. The summed E-state index contributed by atoms with van der Waals surface area (Å²) in [7, 11) is 1.60. The molecule has 1 heterocycles. The van der Waals surface area contributed by atoms with Crippen LogP contribution in [0, 0.1) is 5.92 Å². The number of allylic oxidation sites excluding steroid dienone is 4. The zero-order chi connectivity index (χ0) is 28.3. The predicted molar refractivity (Wildman–Crippen MR) is 155 cm³/mol. The Kier molecular flexibility index (Phi) is 8.77. The van der Waals surface area contributed by atoms with E-state index in [4.69, 9.17) is 9.47 Å². The zero-order valence-electron chi connectivity index (χ0n) is 23.7. The van der Waals surface area contributed by atoms with Crippen LogP contribution in [-0.2, 0) is 12.8 Å². The Morgan fingerprint density at radius 1 is 1.00 bits per heavy atom. The first-order valence-corrected chi connectivity index (χ1v) is 13.8. The summed E-state index contributed by atoms with van der Waals surface area (Å²) in [6.45, 7) is 8.24. The fourth-order valence-corrected chi connectivity index (χ4v) is 5.67. The molecule has 2 aromatic rings. The second-order valence-electron chi connectivity index (χ2n) is 11.5. The summed E-state index contributed by atoms with van der Waals surface area (Å²) < 4.78 is 12.1. The smallest absolute Gasteiger partial charge is 0.165 e. The molecule has 0 bridgehead atoms. The van der Waals surface area contributed by atoms with Gasteiger partial charge in [0.05, 0.1) is 19.3 Å². The first-order valence-electron chi connectivity index (χ1n) is 13.8. The van der Waals surface area contributed by atoms with E-state index in [0.29, 0.717) is 48.3 Å². The molecule has 2 aromatic carbocycles. The molecule has 4 atom stereocenters. The highest BCUT2D eigenvalue weighted by Gasteiger charge is 2.49. The summed E-state index contributed by atoms with van der Waals surface area (Å²) in [5.41, 5.74) is 5.05. The van der Waals surface area contributed by atoms with Crippen LogP contribution >= 0.6 is 0 Å². The summed E-state index contributed by atoms with van der Waals surface area (Å²) in [6, 6.07) is 7.26. The van der Waals surface area contributed by atoms with E-state index < -0.39 is 17.8 Å². The summed E-state index contributed by atoms with van der Waals surface area (Å²) in [5.74, 6) is 1.51. The van der Waals surface area contributed by atoms with Crippen molar-refractivity contribution >= 4 is 12.2 Å². The van der Waals surface area contributed by atoms with Gasteiger partial charge in [0.15, 0.2) is 11.5 Å². The molecule has 2 unspecified atom stereocenters.